The minimum atomic E-state index is -4.27. The molecule has 0 aromatic carbocycles. The Balaban J connectivity index is 2.85. The molecule has 1 aromatic rings. The van der Waals surface area contributed by atoms with Crippen molar-refractivity contribution in [3.63, 3.8) is 0 Å². The molecule has 0 radical (unpaired) electrons. The van der Waals surface area contributed by atoms with Crippen molar-refractivity contribution >= 4 is 5.97 Å². The lowest BCUT2D eigenvalue weighted by atomic mass is 10.2. The van der Waals surface area contributed by atoms with Crippen molar-refractivity contribution in [1.29, 1.82) is 0 Å². The van der Waals surface area contributed by atoms with E-state index in [9.17, 15) is 18.0 Å². The van der Waals surface area contributed by atoms with Gasteiger partial charge in [-0.25, -0.2) is 9.78 Å². The largest absolute Gasteiger partial charge is 0.463 e. The molecule has 4 nitrogen and oxygen atoms in total. The van der Waals surface area contributed by atoms with Gasteiger partial charge in [-0.1, -0.05) is 13.3 Å². The lowest BCUT2D eigenvalue weighted by Crippen LogP contribution is -2.08. The molecule has 1 aromatic heterocycles. The van der Waals surface area contributed by atoms with E-state index < -0.39 is 18.6 Å². The first-order valence-electron chi connectivity index (χ1n) is 5.51. The van der Waals surface area contributed by atoms with E-state index in [-0.39, 0.29) is 18.1 Å². The number of halogens is 3. The molecule has 0 unspecified atom stereocenters. The third kappa shape index (κ3) is 4.05. The summed E-state index contributed by atoms with van der Waals surface area (Å²) in [6.07, 6.45) is -4.52. The van der Waals surface area contributed by atoms with Crippen LogP contribution in [-0.4, -0.2) is 24.2 Å². The van der Waals surface area contributed by atoms with Crippen molar-refractivity contribution in [2.75, 3.05) is 7.11 Å². The molecule has 0 saturated heterocycles. The first-order valence-corrected chi connectivity index (χ1v) is 5.51. The zero-order valence-corrected chi connectivity index (χ0v) is 10.1. The van der Waals surface area contributed by atoms with E-state index in [0.29, 0.717) is 18.5 Å². The third-order valence-corrected chi connectivity index (χ3v) is 2.22. The second-order valence-electron chi connectivity index (χ2n) is 3.74. The zero-order chi connectivity index (χ0) is 13.8. The number of carbonyl (C=O) groups is 1. The Morgan fingerprint density at radius 1 is 1.39 bits per heavy atom. The quantitative estimate of drug-likeness (QED) is 0.768. The SMILES string of the molecule is CCCc1nc(CCC(F)(F)F)oc1C(=O)OC. The predicted octanol–water partition coefficient (Wildman–Crippen LogP) is 2.91. The van der Waals surface area contributed by atoms with Crippen molar-refractivity contribution in [1.82, 2.24) is 4.98 Å². The van der Waals surface area contributed by atoms with Crippen LogP contribution < -0.4 is 0 Å². The molecule has 102 valence electrons. The number of rotatable bonds is 5. The highest BCUT2D eigenvalue weighted by Gasteiger charge is 2.28. The summed E-state index contributed by atoms with van der Waals surface area (Å²) in [6.45, 7) is 1.87. The Morgan fingerprint density at radius 3 is 2.56 bits per heavy atom. The topological polar surface area (TPSA) is 52.3 Å². The van der Waals surface area contributed by atoms with E-state index in [4.69, 9.17) is 4.42 Å². The first kappa shape index (κ1) is 14.5. The molecule has 18 heavy (non-hydrogen) atoms. The fourth-order valence-corrected chi connectivity index (χ4v) is 1.41. The standard InChI is InChI=1S/C11H14F3NO3/c1-3-4-7-9(10(16)17-2)18-8(15-7)5-6-11(12,13)14/h3-6H2,1-2H3. The van der Waals surface area contributed by atoms with Crippen molar-refractivity contribution < 1.29 is 27.1 Å². The van der Waals surface area contributed by atoms with Crippen LogP contribution in [0.1, 0.15) is 41.9 Å². The maximum absolute atomic E-state index is 12.1. The van der Waals surface area contributed by atoms with Gasteiger partial charge in [0.15, 0.2) is 5.89 Å². The number of oxazole rings is 1. The fourth-order valence-electron chi connectivity index (χ4n) is 1.41. The number of carbonyl (C=O) groups excluding carboxylic acids is 1. The summed E-state index contributed by atoms with van der Waals surface area (Å²) in [4.78, 5) is 15.2. The summed E-state index contributed by atoms with van der Waals surface area (Å²) in [5, 5.41) is 0. The van der Waals surface area contributed by atoms with Crippen LogP contribution in [0.5, 0.6) is 0 Å². The highest BCUT2D eigenvalue weighted by molar-refractivity contribution is 5.87. The Hall–Kier alpha value is -1.53. The third-order valence-electron chi connectivity index (χ3n) is 2.22. The summed E-state index contributed by atoms with van der Waals surface area (Å²) in [6, 6.07) is 0. The summed E-state index contributed by atoms with van der Waals surface area (Å²) in [5.41, 5.74) is 0.349. The average molecular weight is 265 g/mol. The number of esters is 1. The van der Waals surface area contributed by atoms with Crippen LogP contribution >= 0.6 is 0 Å². The van der Waals surface area contributed by atoms with Crippen molar-refractivity contribution in [2.24, 2.45) is 0 Å². The van der Waals surface area contributed by atoms with Gasteiger partial charge < -0.3 is 9.15 Å². The van der Waals surface area contributed by atoms with Crippen LogP contribution in [0.2, 0.25) is 0 Å². The van der Waals surface area contributed by atoms with Gasteiger partial charge in [0.25, 0.3) is 0 Å². The fraction of sp³-hybridized carbons (Fsp3) is 0.636. The molecular weight excluding hydrogens is 251 g/mol. The van der Waals surface area contributed by atoms with E-state index in [1.54, 1.807) is 0 Å². The van der Waals surface area contributed by atoms with Crippen LogP contribution in [0, 0.1) is 0 Å². The lowest BCUT2D eigenvalue weighted by molar-refractivity contribution is -0.134. The number of alkyl halides is 3. The summed E-state index contributed by atoms with van der Waals surface area (Å²) < 4.78 is 45.7. The molecule has 0 atom stereocenters. The molecular formula is C11H14F3NO3. The van der Waals surface area contributed by atoms with Gasteiger partial charge in [0.1, 0.15) is 0 Å². The zero-order valence-electron chi connectivity index (χ0n) is 10.1. The van der Waals surface area contributed by atoms with E-state index >= 15 is 0 Å². The molecule has 1 rings (SSSR count). The van der Waals surface area contributed by atoms with Crippen LogP contribution in [0.15, 0.2) is 4.42 Å². The predicted molar refractivity (Wildman–Crippen MR) is 56.2 cm³/mol. The molecule has 7 heteroatoms. The number of nitrogens with zero attached hydrogens (tertiary/aromatic N) is 1. The van der Waals surface area contributed by atoms with Gasteiger partial charge in [0, 0.05) is 6.42 Å². The first-order chi connectivity index (χ1) is 8.37. The number of aromatic nitrogens is 1. The monoisotopic (exact) mass is 265 g/mol. The highest BCUT2D eigenvalue weighted by Crippen LogP contribution is 2.23. The normalized spacial score (nSPS) is 11.6. The van der Waals surface area contributed by atoms with E-state index in [1.165, 1.54) is 7.11 Å². The maximum Gasteiger partial charge on any atom is 0.389 e. The molecule has 1 heterocycles. The maximum atomic E-state index is 12.1. The van der Waals surface area contributed by atoms with Crippen molar-refractivity contribution in [3.8, 4) is 0 Å². The summed E-state index contributed by atoms with van der Waals surface area (Å²) >= 11 is 0. The average Bonchev–Trinajstić information content (AvgIpc) is 2.68. The van der Waals surface area contributed by atoms with Crippen molar-refractivity contribution in [2.45, 2.75) is 38.8 Å². The molecule has 0 aliphatic rings. The molecule has 0 fully saturated rings. The molecule has 0 saturated carbocycles. The number of methoxy groups -OCH3 is 1. The smallest absolute Gasteiger partial charge is 0.389 e. The van der Waals surface area contributed by atoms with E-state index in [0.717, 1.165) is 0 Å². The lowest BCUT2D eigenvalue weighted by Gasteiger charge is -2.02. The molecule has 0 aliphatic carbocycles. The van der Waals surface area contributed by atoms with E-state index in [1.807, 2.05) is 6.92 Å². The Labute approximate surface area is 102 Å². The number of ether oxygens (including phenoxy) is 1. The van der Waals surface area contributed by atoms with Gasteiger partial charge in [-0.05, 0) is 6.42 Å². The molecule has 0 N–H and O–H groups in total. The van der Waals surface area contributed by atoms with Gasteiger partial charge in [-0.3, -0.25) is 0 Å². The number of hydrogen-bond acceptors (Lipinski definition) is 4. The second-order valence-corrected chi connectivity index (χ2v) is 3.74. The Bertz CT molecular complexity index is 412. The van der Waals surface area contributed by atoms with Crippen LogP contribution in [-0.2, 0) is 17.6 Å². The minimum Gasteiger partial charge on any atom is -0.463 e. The molecule has 0 spiro atoms. The Kier molecular flexibility index (Phi) is 4.75. The van der Waals surface area contributed by atoms with Crippen LogP contribution in [0.25, 0.3) is 0 Å². The second kappa shape index (κ2) is 5.88. The molecule has 0 bridgehead atoms. The van der Waals surface area contributed by atoms with Crippen LogP contribution in [0.3, 0.4) is 0 Å². The molecule has 0 amide bonds. The van der Waals surface area contributed by atoms with Crippen molar-refractivity contribution in [3.05, 3.63) is 17.3 Å². The molecule has 0 aliphatic heterocycles. The highest BCUT2D eigenvalue weighted by atomic mass is 19.4. The van der Waals surface area contributed by atoms with Gasteiger partial charge in [-0.2, -0.15) is 13.2 Å². The Morgan fingerprint density at radius 2 is 2.06 bits per heavy atom. The van der Waals surface area contributed by atoms with Gasteiger partial charge in [0.05, 0.1) is 19.2 Å². The number of aryl methyl sites for hydroxylation is 2. The minimum absolute atomic E-state index is 0.0869. The van der Waals surface area contributed by atoms with Gasteiger partial charge >= 0.3 is 12.1 Å². The van der Waals surface area contributed by atoms with Gasteiger partial charge in [0.2, 0.25) is 5.76 Å². The number of hydrogen-bond donors (Lipinski definition) is 0. The summed E-state index contributed by atoms with van der Waals surface area (Å²) in [7, 11) is 1.18. The summed E-state index contributed by atoms with van der Waals surface area (Å²) in [5.74, 6) is -0.906. The van der Waals surface area contributed by atoms with Crippen LogP contribution in [0.4, 0.5) is 13.2 Å². The van der Waals surface area contributed by atoms with E-state index in [2.05, 4.69) is 9.72 Å². The van der Waals surface area contributed by atoms with Gasteiger partial charge in [-0.15, -0.1) is 0 Å².